The van der Waals surface area contributed by atoms with Crippen LogP contribution in [0.4, 0.5) is 11.5 Å². The number of rotatable bonds is 3. The predicted octanol–water partition coefficient (Wildman–Crippen LogP) is 2.20. The molecule has 1 aliphatic rings. The van der Waals surface area contributed by atoms with Gasteiger partial charge in [0.05, 0.1) is 27.3 Å². The molecule has 9 heteroatoms. The van der Waals surface area contributed by atoms with Gasteiger partial charge in [-0.2, -0.15) is 10.4 Å². The maximum atomic E-state index is 12.6. The first-order valence-corrected chi connectivity index (χ1v) is 9.18. The SMILES string of the molecule is Cc1nc2cc(N3CC(C(=O)Nc4c(C#N)cnn4C)CC3=O)ccc2s1. The highest BCUT2D eigenvalue weighted by atomic mass is 32.1. The third kappa shape index (κ3) is 3.04. The normalized spacial score (nSPS) is 16.7. The second kappa shape index (κ2) is 6.48. The summed E-state index contributed by atoms with van der Waals surface area (Å²) in [4.78, 5) is 31.2. The third-order valence-corrected chi connectivity index (χ3v) is 5.54. The highest BCUT2D eigenvalue weighted by Gasteiger charge is 2.35. The molecule has 1 fully saturated rings. The van der Waals surface area contributed by atoms with Gasteiger partial charge < -0.3 is 10.2 Å². The van der Waals surface area contributed by atoms with Crippen LogP contribution in [0.15, 0.2) is 24.4 Å². The average molecular weight is 380 g/mol. The lowest BCUT2D eigenvalue weighted by molar-refractivity contribution is -0.122. The minimum atomic E-state index is -0.494. The molecule has 27 heavy (non-hydrogen) atoms. The zero-order valence-electron chi connectivity index (χ0n) is 14.8. The molecule has 1 unspecified atom stereocenters. The Morgan fingerprint density at radius 3 is 3.04 bits per heavy atom. The molecule has 1 aromatic carbocycles. The van der Waals surface area contributed by atoms with Crippen LogP contribution in [0.3, 0.4) is 0 Å². The van der Waals surface area contributed by atoms with Crippen molar-refractivity contribution in [3.05, 3.63) is 35.0 Å². The van der Waals surface area contributed by atoms with E-state index in [9.17, 15) is 9.59 Å². The number of nitrogens with zero attached hydrogens (tertiary/aromatic N) is 5. The molecule has 0 aliphatic carbocycles. The van der Waals surface area contributed by atoms with Gasteiger partial charge in [0.25, 0.3) is 0 Å². The number of nitrogens with one attached hydrogen (secondary N) is 1. The summed E-state index contributed by atoms with van der Waals surface area (Å²) in [5.74, 6) is -0.553. The van der Waals surface area contributed by atoms with Crippen LogP contribution in [-0.2, 0) is 16.6 Å². The largest absolute Gasteiger partial charge is 0.312 e. The zero-order valence-corrected chi connectivity index (χ0v) is 15.6. The van der Waals surface area contributed by atoms with Gasteiger partial charge in [-0.05, 0) is 25.1 Å². The Kier molecular flexibility index (Phi) is 4.12. The van der Waals surface area contributed by atoms with Crippen LogP contribution in [0.1, 0.15) is 17.0 Å². The van der Waals surface area contributed by atoms with Crippen molar-refractivity contribution in [2.75, 3.05) is 16.8 Å². The lowest BCUT2D eigenvalue weighted by atomic mass is 10.1. The number of carbonyl (C=O) groups excluding carboxylic acids is 2. The lowest BCUT2D eigenvalue weighted by Gasteiger charge is -2.16. The molecule has 8 nitrogen and oxygen atoms in total. The molecule has 0 radical (unpaired) electrons. The monoisotopic (exact) mass is 380 g/mol. The Morgan fingerprint density at radius 2 is 2.26 bits per heavy atom. The van der Waals surface area contributed by atoms with Crippen LogP contribution in [0.5, 0.6) is 0 Å². The Bertz CT molecular complexity index is 1110. The van der Waals surface area contributed by atoms with Crippen LogP contribution >= 0.6 is 11.3 Å². The summed E-state index contributed by atoms with van der Waals surface area (Å²) >= 11 is 1.60. The van der Waals surface area contributed by atoms with Gasteiger partial charge in [-0.1, -0.05) is 0 Å². The lowest BCUT2D eigenvalue weighted by Crippen LogP contribution is -2.28. The molecular weight excluding hydrogens is 364 g/mol. The Hall–Kier alpha value is -3.25. The van der Waals surface area contributed by atoms with E-state index in [1.54, 1.807) is 23.3 Å². The molecule has 1 atom stereocenters. The van der Waals surface area contributed by atoms with Gasteiger partial charge in [0, 0.05) is 25.7 Å². The van der Waals surface area contributed by atoms with Crippen LogP contribution in [0, 0.1) is 24.2 Å². The molecule has 2 amide bonds. The van der Waals surface area contributed by atoms with Gasteiger partial charge in [-0.3, -0.25) is 14.3 Å². The number of hydrogen-bond acceptors (Lipinski definition) is 6. The standard InChI is InChI=1S/C18H16N6O2S/c1-10-21-14-6-13(3-4-15(14)27-10)24-9-11(5-16(24)25)18(26)22-17-12(7-19)8-20-23(17)2/h3-4,6,8,11H,5,9H2,1-2H3,(H,22,26). The molecule has 3 heterocycles. The van der Waals surface area contributed by atoms with Crippen LogP contribution in [-0.4, -0.2) is 33.1 Å². The van der Waals surface area contributed by atoms with E-state index in [1.807, 2.05) is 31.2 Å². The maximum Gasteiger partial charge on any atom is 0.230 e. The maximum absolute atomic E-state index is 12.6. The Balaban J connectivity index is 1.53. The van der Waals surface area contributed by atoms with Crippen molar-refractivity contribution in [1.82, 2.24) is 14.8 Å². The van der Waals surface area contributed by atoms with Gasteiger partial charge in [0.15, 0.2) is 0 Å². The van der Waals surface area contributed by atoms with E-state index in [0.29, 0.717) is 12.4 Å². The first-order valence-electron chi connectivity index (χ1n) is 8.37. The number of thiazole rings is 1. The summed E-state index contributed by atoms with van der Waals surface area (Å²) in [5, 5.41) is 16.8. The minimum Gasteiger partial charge on any atom is -0.312 e. The van der Waals surface area contributed by atoms with Crippen molar-refractivity contribution in [3.8, 4) is 6.07 Å². The number of hydrogen-bond donors (Lipinski definition) is 1. The molecular formula is C18H16N6O2S. The number of anilines is 2. The fourth-order valence-electron chi connectivity index (χ4n) is 3.22. The van der Waals surface area contributed by atoms with Gasteiger partial charge in [0.1, 0.15) is 17.5 Å². The molecule has 0 saturated carbocycles. The first-order chi connectivity index (χ1) is 13.0. The van der Waals surface area contributed by atoms with E-state index in [2.05, 4.69) is 15.4 Å². The highest BCUT2D eigenvalue weighted by Crippen LogP contribution is 2.30. The van der Waals surface area contributed by atoms with Gasteiger partial charge in [0.2, 0.25) is 11.8 Å². The molecule has 0 spiro atoms. The molecule has 4 rings (SSSR count). The number of benzene rings is 1. The number of carbonyl (C=O) groups is 2. The van der Waals surface area contributed by atoms with Crippen molar-refractivity contribution in [3.63, 3.8) is 0 Å². The van der Waals surface area contributed by atoms with Crippen molar-refractivity contribution in [2.24, 2.45) is 13.0 Å². The van der Waals surface area contributed by atoms with Crippen LogP contribution in [0.2, 0.25) is 0 Å². The highest BCUT2D eigenvalue weighted by molar-refractivity contribution is 7.18. The predicted molar refractivity (Wildman–Crippen MR) is 101 cm³/mol. The molecule has 1 N–H and O–H groups in total. The first kappa shape index (κ1) is 17.2. The molecule has 1 aliphatic heterocycles. The summed E-state index contributed by atoms with van der Waals surface area (Å²) < 4.78 is 2.50. The van der Waals surface area contributed by atoms with Gasteiger partial charge in [-0.15, -0.1) is 11.3 Å². The van der Waals surface area contributed by atoms with Gasteiger partial charge >= 0.3 is 0 Å². The van der Waals surface area contributed by atoms with E-state index in [1.165, 1.54) is 10.9 Å². The van der Waals surface area contributed by atoms with Crippen LogP contribution in [0.25, 0.3) is 10.2 Å². The summed E-state index contributed by atoms with van der Waals surface area (Å²) in [6, 6.07) is 7.71. The molecule has 3 aromatic rings. The molecule has 2 aromatic heterocycles. The fraction of sp³-hybridized carbons (Fsp3) is 0.278. The number of aryl methyl sites for hydroxylation is 2. The Morgan fingerprint density at radius 1 is 1.44 bits per heavy atom. The topological polar surface area (TPSA) is 104 Å². The summed E-state index contributed by atoms with van der Waals surface area (Å²) in [6.07, 6.45) is 1.52. The zero-order chi connectivity index (χ0) is 19.1. The third-order valence-electron chi connectivity index (χ3n) is 4.59. The molecule has 0 bridgehead atoms. The Labute approximate surface area is 159 Å². The van der Waals surface area contributed by atoms with Crippen LogP contribution < -0.4 is 10.2 Å². The second-order valence-electron chi connectivity index (χ2n) is 6.42. The van der Waals surface area contributed by atoms with Crippen molar-refractivity contribution < 1.29 is 9.59 Å². The van der Waals surface area contributed by atoms with E-state index in [0.717, 1.165) is 20.9 Å². The second-order valence-corrected chi connectivity index (χ2v) is 7.66. The van der Waals surface area contributed by atoms with E-state index >= 15 is 0 Å². The van der Waals surface area contributed by atoms with Crippen molar-refractivity contribution >= 4 is 44.9 Å². The van der Waals surface area contributed by atoms with E-state index < -0.39 is 5.92 Å². The number of nitriles is 1. The van der Waals surface area contributed by atoms with E-state index in [-0.39, 0.29) is 23.8 Å². The number of amides is 2. The summed E-state index contributed by atoms with van der Waals surface area (Å²) in [7, 11) is 1.65. The van der Waals surface area contributed by atoms with E-state index in [4.69, 9.17) is 5.26 Å². The minimum absolute atomic E-state index is 0.105. The number of aromatic nitrogens is 3. The summed E-state index contributed by atoms with van der Waals surface area (Å²) in [5.41, 5.74) is 1.88. The van der Waals surface area contributed by atoms with Crippen molar-refractivity contribution in [1.29, 1.82) is 5.26 Å². The smallest absolute Gasteiger partial charge is 0.230 e. The fourth-order valence-corrected chi connectivity index (χ4v) is 4.03. The van der Waals surface area contributed by atoms with Gasteiger partial charge in [-0.25, -0.2) is 4.98 Å². The number of fused-ring (bicyclic) bond motifs is 1. The molecule has 1 saturated heterocycles. The van der Waals surface area contributed by atoms with Crippen molar-refractivity contribution in [2.45, 2.75) is 13.3 Å². The average Bonchev–Trinajstić information content (AvgIpc) is 3.31. The quantitative estimate of drug-likeness (QED) is 0.750. The summed E-state index contributed by atoms with van der Waals surface area (Å²) in [6.45, 7) is 2.23. The molecule has 136 valence electrons.